The van der Waals surface area contributed by atoms with E-state index < -0.39 is 0 Å². The Balaban J connectivity index is 1.84. The number of carbonyl (C=O) groups excluding carboxylic acids is 1. The molecule has 1 aromatic heterocycles. The van der Waals surface area contributed by atoms with Crippen molar-refractivity contribution in [3.8, 4) is 0 Å². The van der Waals surface area contributed by atoms with Gasteiger partial charge in [0.05, 0.1) is 6.54 Å². The van der Waals surface area contributed by atoms with E-state index in [9.17, 15) is 4.79 Å². The van der Waals surface area contributed by atoms with E-state index in [1.54, 1.807) is 6.20 Å². The molecule has 3 nitrogen and oxygen atoms in total. The van der Waals surface area contributed by atoms with Crippen molar-refractivity contribution < 1.29 is 4.79 Å². The van der Waals surface area contributed by atoms with Crippen LogP contribution in [0.4, 0.5) is 5.82 Å². The summed E-state index contributed by atoms with van der Waals surface area (Å²) in [4.78, 5) is 19.2. The van der Waals surface area contributed by atoms with Crippen LogP contribution >= 0.6 is 0 Å². The van der Waals surface area contributed by atoms with Gasteiger partial charge in [0.25, 0.3) is 0 Å². The molecule has 0 aliphatic heterocycles. The first-order valence-corrected chi connectivity index (χ1v) is 8.11. The lowest BCUT2D eigenvalue weighted by Crippen LogP contribution is -2.37. The zero-order valence-electron chi connectivity index (χ0n) is 12.8. The minimum atomic E-state index is 0.152. The minimum Gasteiger partial charge on any atom is -0.292 e. The molecule has 3 rings (SSSR count). The van der Waals surface area contributed by atoms with E-state index in [0.717, 1.165) is 37.1 Å². The van der Waals surface area contributed by atoms with Crippen molar-refractivity contribution in [3.63, 3.8) is 0 Å². The van der Waals surface area contributed by atoms with E-state index in [1.165, 1.54) is 6.42 Å². The number of pyridine rings is 1. The van der Waals surface area contributed by atoms with Gasteiger partial charge in [0, 0.05) is 12.1 Å². The van der Waals surface area contributed by atoms with Crippen LogP contribution in [0.3, 0.4) is 0 Å². The highest BCUT2D eigenvalue weighted by atomic mass is 16.2. The van der Waals surface area contributed by atoms with Gasteiger partial charge in [-0.25, -0.2) is 4.98 Å². The first-order valence-electron chi connectivity index (χ1n) is 8.11. The van der Waals surface area contributed by atoms with E-state index >= 15 is 0 Å². The Bertz CT molecular complexity index is 591. The molecule has 0 N–H and O–H groups in total. The van der Waals surface area contributed by atoms with Crippen LogP contribution in [-0.2, 0) is 11.3 Å². The Kier molecular flexibility index (Phi) is 4.84. The molecule has 2 aromatic rings. The molecule has 1 amide bonds. The second-order valence-corrected chi connectivity index (χ2v) is 5.93. The Morgan fingerprint density at radius 1 is 1.00 bits per heavy atom. The molecule has 1 fully saturated rings. The second kappa shape index (κ2) is 7.21. The standard InChI is InChI=1S/C19H22N2O/c22-19(17-11-5-2-6-12-17)21(18-13-7-8-14-20-18)15-16-9-3-1-4-10-16/h1,3-4,7-10,13-14,17H,2,5-6,11-12,15H2. The number of carbonyl (C=O) groups is 1. The summed E-state index contributed by atoms with van der Waals surface area (Å²) in [6, 6.07) is 15.9. The summed E-state index contributed by atoms with van der Waals surface area (Å²) in [5.74, 6) is 1.13. The number of rotatable bonds is 4. The van der Waals surface area contributed by atoms with Crippen molar-refractivity contribution in [2.24, 2.45) is 5.92 Å². The van der Waals surface area contributed by atoms with Crippen LogP contribution in [0.1, 0.15) is 37.7 Å². The smallest absolute Gasteiger partial charge is 0.231 e. The van der Waals surface area contributed by atoms with Crippen LogP contribution in [0.25, 0.3) is 0 Å². The molecule has 1 saturated carbocycles. The average molecular weight is 294 g/mol. The highest BCUT2D eigenvalue weighted by Crippen LogP contribution is 2.27. The number of benzene rings is 1. The Morgan fingerprint density at radius 2 is 1.73 bits per heavy atom. The molecular formula is C19H22N2O. The summed E-state index contributed by atoms with van der Waals surface area (Å²) in [6.07, 6.45) is 7.36. The molecule has 22 heavy (non-hydrogen) atoms. The molecule has 0 bridgehead atoms. The van der Waals surface area contributed by atoms with E-state index in [0.29, 0.717) is 6.54 Å². The normalized spacial score (nSPS) is 15.5. The summed E-state index contributed by atoms with van der Waals surface area (Å²) in [5.41, 5.74) is 1.14. The van der Waals surface area contributed by atoms with Crippen molar-refractivity contribution in [2.75, 3.05) is 4.90 Å². The van der Waals surface area contributed by atoms with Gasteiger partial charge in [-0.15, -0.1) is 0 Å². The molecule has 3 heteroatoms. The lowest BCUT2D eigenvalue weighted by molar-refractivity contribution is -0.123. The van der Waals surface area contributed by atoms with E-state index in [2.05, 4.69) is 17.1 Å². The molecule has 0 unspecified atom stereocenters. The number of anilines is 1. The first-order chi connectivity index (χ1) is 10.8. The van der Waals surface area contributed by atoms with E-state index in [4.69, 9.17) is 0 Å². The lowest BCUT2D eigenvalue weighted by atomic mass is 9.88. The van der Waals surface area contributed by atoms with Crippen LogP contribution in [0.15, 0.2) is 54.7 Å². The predicted molar refractivity (Wildman–Crippen MR) is 88.4 cm³/mol. The minimum absolute atomic E-state index is 0.152. The molecule has 1 aromatic carbocycles. The van der Waals surface area contributed by atoms with Crippen molar-refractivity contribution >= 4 is 11.7 Å². The summed E-state index contributed by atoms with van der Waals surface area (Å²) < 4.78 is 0. The summed E-state index contributed by atoms with van der Waals surface area (Å²) >= 11 is 0. The van der Waals surface area contributed by atoms with Crippen LogP contribution in [0.5, 0.6) is 0 Å². The molecule has 0 atom stereocenters. The third-order valence-electron chi connectivity index (χ3n) is 4.33. The SMILES string of the molecule is O=C(C1CCCCC1)N(Cc1ccccc1)c1ccccn1. The van der Waals surface area contributed by atoms with Gasteiger partial charge < -0.3 is 0 Å². The maximum absolute atomic E-state index is 13.0. The number of hydrogen-bond acceptors (Lipinski definition) is 2. The van der Waals surface area contributed by atoms with Gasteiger partial charge in [-0.3, -0.25) is 9.69 Å². The monoisotopic (exact) mass is 294 g/mol. The Labute approximate surface area is 132 Å². The first kappa shape index (κ1) is 14.8. The maximum Gasteiger partial charge on any atom is 0.231 e. The van der Waals surface area contributed by atoms with Crippen LogP contribution in [0, 0.1) is 5.92 Å². The Hall–Kier alpha value is -2.16. The fourth-order valence-corrected chi connectivity index (χ4v) is 3.12. The molecule has 1 aliphatic rings. The molecule has 0 radical (unpaired) electrons. The topological polar surface area (TPSA) is 33.2 Å². The highest BCUT2D eigenvalue weighted by Gasteiger charge is 2.27. The zero-order valence-corrected chi connectivity index (χ0v) is 12.8. The second-order valence-electron chi connectivity index (χ2n) is 5.93. The molecule has 1 aliphatic carbocycles. The van der Waals surface area contributed by atoms with Crippen molar-refractivity contribution in [1.29, 1.82) is 0 Å². The van der Waals surface area contributed by atoms with Crippen molar-refractivity contribution in [2.45, 2.75) is 38.6 Å². The van der Waals surface area contributed by atoms with Crippen molar-refractivity contribution in [3.05, 3.63) is 60.3 Å². The Morgan fingerprint density at radius 3 is 2.41 bits per heavy atom. The number of nitrogens with zero attached hydrogens (tertiary/aromatic N) is 2. The molecule has 0 saturated heterocycles. The van der Waals surface area contributed by atoms with Gasteiger partial charge >= 0.3 is 0 Å². The zero-order chi connectivity index (χ0) is 15.2. The van der Waals surface area contributed by atoms with Gasteiger partial charge in [0.1, 0.15) is 5.82 Å². The fourth-order valence-electron chi connectivity index (χ4n) is 3.12. The van der Waals surface area contributed by atoms with E-state index in [-0.39, 0.29) is 11.8 Å². The summed E-state index contributed by atoms with van der Waals surface area (Å²) in [5, 5.41) is 0. The summed E-state index contributed by atoms with van der Waals surface area (Å²) in [7, 11) is 0. The predicted octanol–water partition coefficient (Wildman–Crippen LogP) is 4.20. The highest BCUT2D eigenvalue weighted by molar-refractivity contribution is 5.94. The lowest BCUT2D eigenvalue weighted by Gasteiger charge is -2.28. The maximum atomic E-state index is 13.0. The number of amides is 1. The summed E-state index contributed by atoms with van der Waals surface area (Å²) in [6.45, 7) is 0.590. The molecule has 0 spiro atoms. The average Bonchev–Trinajstić information content (AvgIpc) is 2.61. The quantitative estimate of drug-likeness (QED) is 0.847. The number of hydrogen-bond donors (Lipinski definition) is 0. The van der Waals surface area contributed by atoms with Crippen molar-refractivity contribution in [1.82, 2.24) is 4.98 Å². The molecule has 1 heterocycles. The van der Waals surface area contributed by atoms with Gasteiger partial charge in [0.2, 0.25) is 5.91 Å². The molecule has 114 valence electrons. The third-order valence-corrected chi connectivity index (χ3v) is 4.33. The van der Waals surface area contributed by atoms with Gasteiger partial charge in [-0.2, -0.15) is 0 Å². The molecular weight excluding hydrogens is 272 g/mol. The number of aromatic nitrogens is 1. The van der Waals surface area contributed by atoms with Gasteiger partial charge in [-0.05, 0) is 30.5 Å². The van der Waals surface area contributed by atoms with Crippen LogP contribution < -0.4 is 4.90 Å². The fraction of sp³-hybridized carbons (Fsp3) is 0.368. The van der Waals surface area contributed by atoms with Gasteiger partial charge in [-0.1, -0.05) is 55.7 Å². The van der Waals surface area contributed by atoms with Crippen LogP contribution in [-0.4, -0.2) is 10.9 Å². The van der Waals surface area contributed by atoms with Gasteiger partial charge in [0.15, 0.2) is 0 Å². The van der Waals surface area contributed by atoms with E-state index in [1.807, 2.05) is 41.3 Å². The largest absolute Gasteiger partial charge is 0.292 e. The third kappa shape index (κ3) is 3.53. The van der Waals surface area contributed by atoms with Crippen LogP contribution in [0.2, 0.25) is 0 Å².